The summed E-state index contributed by atoms with van der Waals surface area (Å²) < 4.78 is 1.44. The summed E-state index contributed by atoms with van der Waals surface area (Å²) >= 11 is 0. The van der Waals surface area contributed by atoms with E-state index in [2.05, 4.69) is 27.6 Å². The minimum atomic E-state index is 0.213. The minimum Gasteiger partial charge on any atom is -0.376 e. The smallest absolute Gasteiger partial charge is 0.171 e. The Labute approximate surface area is 141 Å². The molecule has 1 fully saturated rings. The first-order valence-electron chi connectivity index (χ1n) is 8.34. The SMILES string of the molecule is CCCNc1cc(NCc2ccccn2)c(=N)n(C(=N)C2CC2)n1. The summed E-state index contributed by atoms with van der Waals surface area (Å²) in [5.74, 6) is 1.32. The molecule has 0 aromatic carbocycles. The zero-order chi connectivity index (χ0) is 16.9. The van der Waals surface area contributed by atoms with Gasteiger partial charge in [0.15, 0.2) is 5.49 Å². The van der Waals surface area contributed by atoms with Gasteiger partial charge in [-0.3, -0.25) is 15.8 Å². The lowest BCUT2D eigenvalue weighted by atomic mass is 10.3. The molecule has 0 atom stereocenters. The highest BCUT2D eigenvalue weighted by molar-refractivity contribution is 5.85. The number of rotatable bonds is 7. The van der Waals surface area contributed by atoms with Gasteiger partial charge in [0.1, 0.15) is 11.7 Å². The second-order valence-electron chi connectivity index (χ2n) is 5.96. The van der Waals surface area contributed by atoms with Gasteiger partial charge in [-0.15, -0.1) is 5.10 Å². The molecule has 2 aromatic heterocycles. The second kappa shape index (κ2) is 7.25. The van der Waals surface area contributed by atoms with Crippen LogP contribution in [0.15, 0.2) is 30.5 Å². The van der Waals surface area contributed by atoms with Crippen LogP contribution in [0.3, 0.4) is 0 Å². The van der Waals surface area contributed by atoms with Crippen LogP contribution in [0.1, 0.15) is 31.9 Å². The highest BCUT2D eigenvalue weighted by atomic mass is 15.3. The lowest BCUT2D eigenvalue weighted by molar-refractivity contribution is 0.778. The molecule has 2 aromatic rings. The molecule has 0 amide bonds. The third kappa shape index (κ3) is 3.79. The normalized spacial score (nSPS) is 13.5. The number of hydrogen-bond acceptors (Lipinski definition) is 6. The van der Waals surface area contributed by atoms with Gasteiger partial charge in [0.05, 0.1) is 17.9 Å². The van der Waals surface area contributed by atoms with Crippen molar-refractivity contribution in [2.24, 2.45) is 5.92 Å². The van der Waals surface area contributed by atoms with Crippen LogP contribution in [0.25, 0.3) is 0 Å². The fraction of sp³-hybridized carbons (Fsp3) is 0.412. The van der Waals surface area contributed by atoms with Gasteiger partial charge < -0.3 is 10.6 Å². The van der Waals surface area contributed by atoms with Gasteiger partial charge in [-0.2, -0.15) is 4.68 Å². The third-order valence-electron chi connectivity index (χ3n) is 3.89. The summed E-state index contributed by atoms with van der Waals surface area (Å²) in [7, 11) is 0. The Kier molecular flexibility index (Phi) is 4.88. The largest absolute Gasteiger partial charge is 0.376 e. The van der Waals surface area contributed by atoms with E-state index in [-0.39, 0.29) is 11.4 Å². The van der Waals surface area contributed by atoms with Crippen LogP contribution in [0, 0.1) is 16.7 Å². The Morgan fingerprint density at radius 3 is 2.83 bits per heavy atom. The summed E-state index contributed by atoms with van der Waals surface area (Å²) in [4.78, 5) is 4.29. The highest BCUT2D eigenvalue weighted by Gasteiger charge is 2.29. The standard InChI is InChI=1S/C17H23N7/c1-2-8-21-15-10-14(22-11-13-5-3-4-9-20-13)17(19)24(23-15)16(18)12-6-7-12/h3-5,9-10,12,18-19,22H,2,6-8,11H2,1H3,(H,21,23). The predicted octanol–water partition coefficient (Wildman–Crippen LogP) is 2.43. The van der Waals surface area contributed by atoms with Crippen molar-refractivity contribution in [3.63, 3.8) is 0 Å². The van der Waals surface area contributed by atoms with Gasteiger partial charge in [-0.1, -0.05) is 13.0 Å². The third-order valence-corrected chi connectivity index (χ3v) is 3.89. The van der Waals surface area contributed by atoms with Crippen molar-refractivity contribution in [2.75, 3.05) is 17.2 Å². The van der Waals surface area contributed by atoms with E-state index in [9.17, 15) is 0 Å². The van der Waals surface area contributed by atoms with Crippen LogP contribution in [0.4, 0.5) is 11.5 Å². The number of nitrogens with one attached hydrogen (secondary N) is 4. The van der Waals surface area contributed by atoms with Crippen LogP contribution in [0.5, 0.6) is 0 Å². The van der Waals surface area contributed by atoms with Crippen LogP contribution < -0.4 is 16.1 Å². The van der Waals surface area contributed by atoms with Crippen molar-refractivity contribution in [3.05, 3.63) is 41.6 Å². The van der Waals surface area contributed by atoms with Gasteiger partial charge in [0, 0.05) is 24.7 Å². The van der Waals surface area contributed by atoms with Crippen molar-refractivity contribution in [1.82, 2.24) is 14.8 Å². The summed E-state index contributed by atoms with van der Waals surface area (Å²) in [5.41, 5.74) is 1.77. The van der Waals surface area contributed by atoms with E-state index in [1.807, 2.05) is 24.3 Å². The molecule has 7 heteroatoms. The molecule has 1 saturated carbocycles. The molecular formula is C17H23N7. The first kappa shape index (κ1) is 16.2. The van der Waals surface area contributed by atoms with Crippen molar-refractivity contribution < 1.29 is 0 Å². The Morgan fingerprint density at radius 1 is 1.33 bits per heavy atom. The van der Waals surface area contributed by atoms with E-state index < -0.39 is 0 Å². The van der Waals surface area contributed by atoms with E-state index in [1.165, 1.54) is 4.68 Å². The molecule has 7 nitrogen and oxygen atoms in total. The molecular weight excluding hydrogens is 302 g/mol. The monoisotopic (exact) mass is 325 g/mol. The second-order valence-corrected chi connectivity index (χ2v) is 5.96. The molecule has 2 heterocycles. The Balaban J connectivity index is 1.86. The summed E-state index contributed by atoms with van der Waals surface area (Å²) in [5, 5.41) is 27.6. The summed E-state index contributed by atoms with van der Waals surface area (Å²) in [6, 6.07) is 7.59. The Morgan fingerprint density at radius 2 is 2.17 bits per heavy atom. The molecule has 0 radical (unpaired) electrons. The van der Waals surface area contributed by atoms with E-state index >= 15 is 0 Å². The van der Waals surface area contributed by atoms with E-state index in [0.29, 0.717) is 23.9 Å². The number of anilines is 2. The van der Waals surface area contributed by atoms with Crippen LogP contribution in [0.2, 0.25) is 0 Å². The van der Waals surface area contributed by atoms with Gasteiger partial charge in [0.2, 0.25) is 0 Å². The molecule has 0 aliphatic heterocycles. The Bertz CT molecular complexity index is 762. The molecule has 3 rings (SSSR count). The molecule has 1 aliphatic carbocycles. The molecule has 126 valence electrons. The van der Waals surface area contributed by atoms with E-state index in [4.69, 9.17) is 10.8 Å². The van der Waals surface area contributed by atoms with Crippen molar-refractivity contribution in [2.45, 2.75) is 32.7 Å². The van der Waals surface area contributed by atoms with E-state index in [1.54, 1.807) is 6.20 Å². The number of hydrogen-bond donors (Lipinski definition) is 4. The first-order chi connectivity index (χ1) is 11.7. The number of aromatic nitrogens is 3. The molecule has 4 N–H and O–H groups in total. The molecule has 0 unspecified atom stereocenters. The zero-order valence-electron chi connectivity index (χ0n) is 13.8. The molecule has 0 spiro atoms. The topological polar surface area (TPSA) is 102 Å². The minimum absolute atomic E-state index is 0.213. The summed E-state index contributed by atoms with van der Waals surface area (Å²) in [6.07, 6.45) is 4.76. The van der Waals surface area contributed by atoms with E-state index in [0.717, 1.165) is 31.5 Å². The van der Waals surface area contributed by atoms with Crippen LogP contribution in [-0.2, 0) is 6.54 Å². The highest BCUT2D eigenvalue weighted by Crippen LogP contribution is 2.30. The fourth-order valence-electron chi connectivity index (χ4n) is 2.37. The van der Waals surface area contributed by atoms with Crippen LogP contribution in [-0.4, -0.2) is 27.1 Å². The lowest BCUT2D eigenvalue weighted by Crippen LogP contribution is -2.33. The zero-order valence-corrected chi connectivity index (χ0v) is 13.8. The number of nitrogens with zero attached hydrogens (tertiary/aromatic N) is 3. The average molecular weight is 325 g/mol. The Hall–Kier alpha value is -2.70. The molecule has 1 aliphatic rings. The van der Waals surface area contributed by atoms with Gasteiger partial charge in [0.25, 0.3) is 0 Å². The molecule has 24 heavy (non-hydrogen) atoms. The fourth-order valence-corrected chi connectivity index (χ4v) is 2.37. The number of pyridine rings is 1. The quantitative estimate of drug-likeness (QED) is 0.464. The van der Waals surface area contributed by atoms with Crippen molar-refractivity contribution in [3.8, 4) is 0 Å². The first-order valence-corrected chi connectivity index (χ1v) is 8.34. The van der Waals surface area contributed by atoms with Gasteiger partial charge in [-0.05, 0) is 31.4 Å². The van der Waals surface area contributed by atoms with Gasteiger partial charge >= 0.3 is 0 Å². The maximum Gasteiger partial charge on any atom is 0.171 e. The predicted molar refractivity (Wildman–Crippen MR) is 94.3 cm³/mol. The van der Waals surface area contributed by atoms with Crippen LogP contribution >= 0.6 is 0 Å². The molecule has 0 bridgehead atoms. The van der Waals surface area contributed by atoms with Crippen molar-refractivity contribution in [1.29, 1.82) is 10.8 Å². The maximum absolute atomic E-state index is 8.39. The maximum atomic E-state index is 8.39. The lowest BCUT2D eigenvalue weighted by Gasteiger charge is -2.14. The van der Waals surface area contributed by atoms with Gasteiger partial charge in [-0.25, -0.2) is 0 Å². The average Bonchev–Trinajstić information content (AvgIpc) is 3.45. The van der Waals surface area contributed by atoms with Crippen molar-refractivity contribution >= 4 is 17.3 Å². The summed E-state index contributed by atoms with van der Waals surface area (Å²) in [6.45, 7) is 3.42. The molecule has 0 saturated heterocycles.